The summed E-state index contributed by atoms with van der Waals surface area (Å²) in [5, 5.41) is 0. The Kier molecular flexibility index (Phi) is 5.78. The summed E-state index contributed by atoms with van der Waals surface area (Å²) >= 11 is 0. The lowest BCUT2D eigenvalue weighted by atomic mass is 9.88. The first-order valence-electron chi connectivity index (χ1n) is 10.5. The Hall–Kier alpha value is -3.55. The molecule has 2 aromatic heterocycles. The van der Waals surface area contributed by atoms with Gasteiger partial charge in [0.25, 0.3) is 5.91 Å². The summed E-state index contributed by atoms with van der Waals surface area (Å²) in [6.45, 7) is 6.42. The highest BCUT2D eigenvalue weighted by Crippen LogP contribution is 2.39. The molecule has 7 nitrogen and oxygen atoms in total. The number of hydrogen-bond acceptors (Lipinski definition) is 6. The van der Waals surface area contributed by atoms with Crippen LogP contribution in [0.25, 0.3) is 11.3 Å². The molecular formula is C24H26FN5O2. The number of ether oxygens (including phenoxy) is 1. The van der Waals surface area contributed by atoms with Crippen molar-refractivity contribution in [2.75, 3.05) is 19.4 Å². The molecule has 3 aromatic rings. The van der Waals surface area contributed by atoms with E-state index in [2.05, 4.69) is 28.8 Å². The molecule has 1 aromatic carbocycles. The number of aryl methyl sites for hydroxylation is 1. The van der Waals surface area contributed by atoms with Crippen LogP contribution in [0.15, 0.2) is 36.4 Å². The van der Waals surface area contributed by atoms with Gasteiger partial charge in [-0.25, -0.2) is 19.3 Å². The van der Waals surface area contributed by atoms with Gasteiger partial charge in [0.05, 0.1) is 35.8 Å². The molecule has 0 saturated carbocycles. The average molecular weight is 436 g/mol. The van der Waals surface area contributed by atoms with E-state index in [1.165, 1.54) is 19.2 Å². The van der Waals surface area contributed by atoms with Gasteiger partial charge in [-0.1, -0.05) is 26.0 Å². The van der Waals surface area contributed by atoms with Gasteiger partial charge in [-0.05, 0) is 36.6 Å². The summed E-state index contributed by atoms with van der Waals surface area (Å²) < 4.78 is 19.6. The zero-order valence-corrected chi connectivity index (χ0v) is 18.6. The second-order valence-corrected chi connectivity index (χ2v) is 8.36. The summed E-state index contributed by atoms with van der Waals surface area (Å²) in [6, 6.07) is 9.57. The smallest absolute Gasteiger partial charge is 0.258 e. The molecule has 4 rings (SSSR count). The van der Waals surface area contributed by atoms with Crippen LogP contribution < -0.4 is 10.5 Å². The van der Waals surface area contributed by atoms with Crippen LogP contribution in [0.1, 0.15) is 47.2 Å². The predicted molar refractivity (Wildman–Crippen MR) is 120 cm³/mol. The maximum atomic E-state index is 14.3. The highest BCUT2D eigenvalue weighted by Gasteiger charge is 2.37. The molecule has 2 N–H and O–H groups in total. The number of hydrogen-bond donors (Lipinski definition) is 1. The molecule has 1 amide bonds. The lowest BCUT2D eigenvalue weighted by molar-refractivity contribution is 0.0615. The third-order valence-electron chi connectivity index (χ3n) is 5.56. The zero-order valence-electron chi connectivity index (χ0n) is 18.6. The van der Waals surface area contributed by atoms with Gasteiger partial charge in [0, 0.05) is 24.6 Å². The number of carbonyl (C=O) groups is 1. The summed E-state index contributed by atoms with van der Waals surface area (Å²) in [5.74, 6) is 0.277. The van der Waals surface area contributed by atoms with Crippen LogP contribution in [-0.4, -0.2) is 39.4 Å². The second-order valence-electron chi connectivity index (χ2n) is 8.36. The molecular weight excluding hydrogens is 409 g/mol. The number of nitrogens with zero attached hydrogens (tertiary/aromatic N) is 4. The van der Waals surface area contributed by atoms with Crippen molar-refractivity contribution in [1.29, 1.82) is 0 Å². The molecule has 0 fully saturated rings. The molecule has 0 unspecified atom stereocenters. The molecule has 0 radical (unpaired) electrons. The van der Waals surface area contributed by atoms with Crippen LogP contribution in [0.5, 0.6) is 5.88 Å². The van der Waals surface area contributed by atoms with Gasteiger partial charge in [-0.2, -0.15) is 0 Å². The number of rotatable bonds is 5. The Balaban J connectivity index is 1.90. The summed E-state index contributed by atoms with van der Waals surface area (Å²) in [4.78, 5) is 28.5. The highest BCUT2D eigenvalue weighted by atomic mass is 19.1. The van der Waals surface area contributed by atoms with Gasteiger partial charge < -0.3 is 15.4 Å². The summed E-state index contributed by atoms with van der Waals surface area (Å²) in [5.41, 5.74) is 9.53. The number of nitrogens with two attached hydrogens (primary N) is 1. The summed E-state index contributed by atoms with van der Waals surface area (Å²) in [7, 11) is 1.53. The lowest BCUT2D eigenvalue weighted by Crippen LogP contribution is -2.43. The Morgan fingerprint density at radius 3 is 2.72 bits per heavy atom. The summed E-state index contributed by atoms with van der Waals surface area (Å²) in [6.07, 6.45) is 0.448. The molecule has 1 atom stereocenters. The predicted octanol–water partition coefficient (Wildman–Crippen LogP) is 3.97. The molecule has 1 aliphatic heterocycles. The van der Waals surface area contributed by atoms with Gasteiger partial charge in [0.15, 0.2) is 0 Å². The van der Waals surface area contributed by atoms with Crippen molar-refractivity contribution in [2.45, 2.75) is 33.2 Å². The number of anilines is 1. The molecule has 8 heteroatoms. The Morgan fingerprint density at radius 2 is 2.00 bits per heavy atom. The highest BCUT2D eigenvalue weighted by molar-refractivity contribution is 5.98. The van der Waals surface area contributed by atoms with Gasteiger partial charge in [0.1, 0.15) is 5.82 Å². The van der Waals surface area contributed by atoms with E-state index < -0.39 is 0 Å². The number of halogens is 1. The Morgan fingerprint density at radius 1 is 1.22 bits per heavy atom. The van der Waals surface area contributed by atoms with Gasteiger partial charge in [-0.3, -0.25) is 4.79 Å². The number of nitrogen functional groups attached to an aromatic ring is 1. The number of pyridine rings is 1. The fraction of sp³-hybridized carbons (Fsp3) is 0.333. The van der Waals surface area contributed by atoms with Crippen LogP contribution in [-0.2, 0) is 6.42 Å². The van der Waals surface area contributed by atoms with E-state index in [-0.39, 0.29) is 29.6 Å². The van der Waals surface area contributed by atoms with E-state index in [9.17, 15) is 9.18 Å². The van der Waals surface area contributed by atoms with Gasteiger partial charge >= 0.3 is 0 Å². The molecule has 0 saturated heterocycles. The number of fused-ring (bicyclic) bond motifs is 1. The quantitative estimate of drug-likeness (QED) is 0.652. The lowest BCUT2D eigenvalue weighted by Gasteiger charge is -2.38. The third-order valence-corrected chi connectivity index (χ3v) is 5.56. The third kappa shape index (κ3) is 4.00. The van der Waals surface area contributed by atoms with E-state index in [0.717, 1.165) is 5.56 Å². The molecule has 0 bridgehead atoms. The first-order valence-corrected chi connectivity index (χ1v) is 10.5. The van der Waals surface area contributed by atoms with Crippen LogP contribution >= 0.6 is 0 Å². The monoisotopic (exact) mass is 435 g/mol. The van der Waals surface area contributed by atoms with Gasteiger partial charge in [0.2, 0.25) is 11.8 Å². The fourth-order valence-electron chi connectivity index (χ4n) is 4.26. The van der Waals surface area contributed by atoms with E-state index in [1.54, 1.807) is 31.2 Å². The first kappa shape index (κ1) is 21.7. The van der Waals surface area contributed by atoms with Crippen LogP contribution in [0.2, 0.25) is 0 Å². The standard InChI is InChI=1S/C24H26FN5O2/c1-13(2)12-30-20(11-19-22(23(30)31)14(3)27-24(26)29-19)16-9-8-15(25)10-17(16)18-6-5-7-21(28-18)32-4/h5-10,13,20H,11-12H2,1-4H3,(H2,26,27,29)/t20-/m1/s1. The van der Waals surface area contributed by atoms with Crippen molar-refractivity contribution >= 4 is 11.9 Å². The first-order chi connectivity index (χ1) is 15.3. The molecule has 0 aliphatic carbocycles. The van der Waals surface area contributed by atoms with Crippen molar-refractivity contribution in [3.05, 3.63) is 64.7 Å². The van der Waals surface area contributed by atoms with E-state index in [4.69, 9.17) is 10.5 Å². The van der Waals surface area contributed by atoms with Gasteiger partial charge in [-0.15, -0.1) is 0 Å². The molecule has 32 heavy (non-hydrogen) atoms. The largest absolute Gasteiger partial charge is 0.481 e. The van der Waals surface area contributed by atoms with Crippen molar-refractivity contribution < 1.29 is 13.9 Å². The topological polar surface area (TPSA) is 94.2 Å². The van der Waals surface area contributed by atoms with Crippen molar-refractivity contribution in [3.8, 4) is 17.1 Å². The van der Waals surface area contributed by atoms with Crippen molar-refractivity contribution in [1.82, 2.24) is 19.9 Å². The zero-order chi connectivity index (χ0) is 23.0. The Bertz CT molecular complexity index is 1180. The minimum absolute atomic E-state index is 0.138. The number of methoxy groups -OCH3 is 1. The van der Waals surface area contributed by atoms with E-state index in [1.807, 2.05) is 4.90 Å². The fourth-order valence-corrected chi connectivity index (χ4v) is 4.26. The van der Waals surface area contributed by atoms with Crippen molar-refractivity contribution in [2.24, 2.45) is 5.92 Å². The molecule has 1 aliphatic rings. The van der Waals surface area contributed by atoms with Crippen LogP contribution in [0.4, 0.5) is 10.3 Å². The number of benzene rings is 1. The van der Waals surface area contributed by atoms with E-state index >= 15 is 0 Å². The minimum atomic E-state index is -0.381. The SMILES string of the molecule is COc1cccc(-c2cc(F)ccc2[C@H]2Cc3nc(N)nc(C)c3C(=O)N2CC(C)C)n1. The molecule has 0 spiro atoms. The van der Waals surface area contributed by atoms with Crippen LogP contribution in [0.3, 0.4) is 0 Å². The number of aromatic nitrogens is 3. The molecule has 3 heterocycles. The second kappa shape index (κ2) is 8.53. The normalized spacial score (nSPS) is 15.8. The molecule has 166 valence electrons. The average Bonchev–Trinajstić information content (AvgIpc) is 2.75. The van der Waals surface area contributed by atoms with E-state index in [0.29, 0.717) is 47.1 Å². The minimum Gasteiger partial charge on any atom is -0.481 e. The maximum absolute atomic E-state index is 14.3. The number of carbonyl (C=O) groups excluding carboxylic acids is 1. The van der Waals surface area contributed by atoms with Crippen molar-refractivity contribution in [3.63, 3.8) is 0 Å². The Labute approximate surface area is 186 Å². The van der Waals surface area contributed by atoms with Crippen LogP contribution in [0, 0.1) is 18.7 Å². The number of amides is 1. The maximum Gasteiger partial charge on any atom is 0.258 e.